The highest BCUT2D eigenvalue weighted by atomic mass is 32.4. The average Bonchev–Trinajstić information content (AvgIpc) is 3.43. The second kappa shape index (κ2) is 11.8. The number of aromatic hydroxyl groups is 1. The Morgan fingerprint density at radius 3 is 2.69 bits per heavy atom. The molecule has 1 saturated carbocycles. The molecule has 1 unspecified atom stereocenters. The molecule has 13 heteroatoms. The summed E-state index contributed by atoms with van der Waals surface area (Å²) in [6.45, 7) is 19.8. The Morgan fingerprint density at radius 1 is 1.31 bits per heavy atom. The lowest BCUT2D eigenvalue weighted by Gasteiger charge is -2.41. The highest BCUT2D eigenvalue weighted by Crippen LogP contribution is 2.47. The number of hydrogen-bond donors (Lipinski definition) is 2. The Bertz CT molecular complexity index is 1220. The van der Waals surface area contributed by atoms with Gasteiger partial charge in [-0.15, -0.1) is 0 Å². The van der Waals surface area contributed by atoms with Crippen LogP contribution in [-0.4, -0.2) is 62.6 Å². The van der Waals surface area contributed by atoms with Crippen molar-refractivity contribution < 1.29 is 23.3 Å². The maximum atomic E-state index is 10.1. The lowest BCUT2D eigenvalue weighted by atomic mass is 9.77. The van der Waals surface area contributed by atoms with Gasteiger partial charge in [-0.25, -0.2) is 9.97 Å². The van der Waals surface area contributed by atoms with Crippen LogP contribution in [0.25, 0.3) is 11.2 Å². The van der Waals surface area contributed by atoms with Crippen molar-refractivity contribution in [1.82, 2.24) is 19.5 Å². The predicted molar refractivity (Wildman–Crippen MR) is 164 cm³/mol. The summed E-state index contributed by atoms with van der Waals surface area (Å²) in [5.41, 5.74) is 1.99. The van der Waals surface area contributed by atoms with E-state index >= 15 is 0 Å². The molecular formula is C26H43N4O5PS2Si. The van der Waals surface area contributed by atoms with E-state index in [9.17, 15) is 5.11 Å². The minimum absolute atomic E-state index is 0.0598. The van der Waals surface area contributed by atoms with Crippen molar-refractivity contribution in [2.75, 3.05) is 6.61 Å². The number of thiol groups is 1. The van der Waals surface area contributed by atoms with E-state index in [0.29, 0.717) is 30.1 Å². The molecule has 0 spiro atoms. The van der Waals surface area contributed by atoms with E-state index in [0.717, 1.165) is 19.3 Å². The van der Waals surface area contributed by atoms with Gasteiger partial charge in [-0.3, -0.25) is 4.57 Å². The summed E-state index contributed by atoms with van der Waals surface area (Å²) in [5.74, 6) is 0.236. The molecule has 2 aromatic heterocycles. The molecule has 4 rings (SSSR count). The summed E-state index contributed by atoms with van der Waals surface area (Å²) in [6.07, 6.45) is 5.08. The monoisotopic (exact) mass is 614 g/mol. The summed E-state index contributed by atoms with van der Waals surface area (Å²) in [4.78, 5) is 12.4. The summed E-state index contributed by atoms with van der Waals surface area (Å²) < 4.78 is 27.5. The molecule has 218 valence electrons. The molecule has 3 heterocycles. The molecule has 7 atom stereocenters. The van der Waals surface area contributed by atoms with Gasteiger partial charge >= 0.3 is 0 Å². The molecule has 2 fully saturated rings. The van der Waals surface area contributed by atoms with E-state index in [1.165, 1.54) is 11.9 Å². The van der Waals surface area contributed by atoms with Crippen LogP contribution in [-0.2, 0) is 30.0 Å². The Balaban J connectivity index is 1.51. The maximum absolute atomic E-state index is 10.1. The largest absolute Gasteiger partial charge is 0.492 e. The summed E-state index contributed by atoms with van der Waals surface area (Å²) in [6, 6.07) is 0. The van der Waals surface area contributed by atoms with E-state index in [-0.39, 0.29) is 34.0 Å². The van der Waals surface area contributed by atoms with E-state index in [1.807, 2.05) is 0 Å². The zero-order valence-corrected chi connectivity index (χ0v) is 27.7. The zero-order valence-electron chi connectivity index (χ0n) is 24.0. The number of imidazole rings is 1. The lowest BCUT2D eigenvalue weighted by Crippen LogP contribution is -2.44. The van der Waals surface area contributed by atoms with Gasteiger partial charge < -0.3 is 23.3 Å². The second-order valence-electron chi connectivity index (χ2n) is 12.6. The van der Waals surface area contributed by atoms with Gasteiger partial charge in [-0.1, -0.05) is 32.9 Å². The first-order valence-corrected chi connectivity index (χ1v) is 19.3. The summed E-state index contributed by atoms with van der Waals surface area (Å²) in [7, 11) is -4.08. The van der Waals surface area contributed by atoms with Gasteiger partial charge in [0.15, 0.2) is 26.6 Å². The Labute approximate surface area is 244 Å². The fourth-order valence-electron chi connectivity index (χ4n) is 4.85. The van der Waals surface area contributed by atoms with Gasteiger partial charge in [-0.05, 0) is 69.0 Å². The first-order valence-electron chi connectivity index (χ1n) is 13.5. The number of hydrogen-bond acceptors (Lipinski definition) is 10. The normalized spacial score (nSPS) is 31.0. The summed E-state index contributed by atoms with van der Waals surface area (Å²) >= 11 is 10.7. The SMILES string of the molecule is C=C(C)[C@H]1CC[C@@](C)(S)[C@H](O[PH](=S)O[C@H]2C[C@H](n3cnc4c(O)ncnc43)O[C@@H]2CO[Si](C)(C)C(C)(C)C)C1. The van der Waals surface area contributed by atoms with Crippen molar-refractivity contribution in [2.24, 2.45) is 5.92 Å². The predicted octanol–water partition coefficient (Wildman–Crippen LogP) is 6.18. The molecule has 1 N–H and O–H groups in total. The topological polar surface area (TPSA) is 101 Å². The van der Waals surface area contributed by atoms with Crippen LogP contribution >= 0.6 is 19.8 Å². The highest BCUT2D eigenvalue weighted by Gasteiger charge is 2.44. The Morgan fingerprint density at radius 2 is 2.03 bits per heavy atom. The van der Waals surface area contributed by atoms with Crippen LogP contribution in [0.2, 0.25) is 18.1 Å². The Hall–Kier alpha value is -0.853. The molecule has 9 nitrogen and oxygen atoms in total. The minimum atomic E-state index is -2.05. The van der Waals surface area contributed by atoms with Crippen LogP contribution in [0.3, 0.4) is 0 Å². The quantitative estimate of drug-likeness (QED) is 0.148. The fourth-order valence-corrected chi connectivity index (χ4v) is 8.11. The van der Waals surface area contributed by atoms with E-state index in [1.54, 1.807) is 10.9 Å². The third-order valence-corrected chi connectivity index (χ3v) is 15.2. The van der Waals surface area contributed by atoms with Crippen LogP contribution in [0.15, 0.2) is 24.8 Å². The number of nitrogens with zero attached hydrogens (tertiary/aromatic N) is 4. The third-order valence-electron chi connectivity index (χ3n) is 8.62. The van der Waals surface area contributed by atoms with Crippen LogP contribution in [0.1, 0.15) is 66.5 Å². The van der Waals surface area contributed by atoms with E-state index < -0.39 is 21.7 Å². The molecule has 1 aliphatic carbocycles. The van der Waals surface area contributed by atoms with Gasteiger partial charge in [0, 0.05) is 11.2 Å². The minimum Gasteiger partial charge on any atom is -0.492 e. The van der Waals surface area contributed by atoms with Crippen molar-refractivity contribution in [3.63, 3.8) is 0 Å². The first-order chi connectivity index (χ1) is 18.1. The van der Waals surface area contributed by atoms with Gasteiger partial charge in [0.1, 0.15) is 18.7 Å². The number of ether oxygens (including phenoxy) is 1. The lowest BCUT2D eigenvalue weighted by molar-refractivity contribution is -0.0371. The number of aromatic nitrogens is 4. The molecule has 2 aromatic rings. The van der Waals surface area contributed by atoms with E-state index in [2.05, 4.69) is 69.2 Å². The molecule has 2 aliphatic rings. The van der Waals surface area contributed by atoms with Crippen LogP contribution < -0.4 is 0 Å². The van der Waals surface area contributed by atoms with Gasteiger partial charge in [0.05, 0.1) is 25.1 Å². The van der Waals surface area contributed by atoms with Gasteiger partial charge in [0.25, 0.3) is 0 Å². The van der Waals surface area contributed by atoms with Crippen LogP contribution in [0.5, 0.6) is 5.88 Å². The molecule has 0 radical (unpaired) electrons. The molecule has 1 aliphatic heterocycles. The highest BCUT2D eigenvalue weighted by molar-refractivity contribution is 8.00. The van der Waals surface area contributed by atoms with Crippen LogP contribution in [0, 0.1) is 5.92 Å². The van der Waals surface area contributed by atoms with Crippen molar-refractivity contribution in [3.05, 3.63) is 24.8 Å². The van der Waals surface area contributed by atoms with Crippen molar-refractivity contribution in [2.45, 2.75) is 108 Å². The molecule has 1 saturated heterocycles. The van der Waals surface area contributed by atoms with Crippen molar-refractivity contribution in [3.8, 4) is 5.88 Å². The van der Waals surface area contributed by atoms with Gasteiger partial charge in [0.2, 0.25) is 5.88 Å². The first kappa shape index (κ1) is 31.1. The van der Waals surface area contributed by atoms with Crippen molar-refractivity contribution in [1.29, 1.82) is 0 Å². The Kier molecular flexibility index (Phi) is 9.40. The van der Waals surface area contributed by atoms with Gasteiger partial charge in [-0.2, -0.15) is 17.6 Å². The average molecular weight is 615 g/mol. The molecule has 0 bridgehead atoms. The standard InChI is InChI=1S/C26H43N4O5PS2Si/c1-16(2)17-9-10-26(6,37)20(11-17)35-36(38)34-18-12-21(30-15-29-22-23(30)27-14-28-24(22)31)33-19(18)13-32-39(7,8)25(3,4)5/h14-15,17-21,36-37H,1,9-13H2,2-8H3,(H,27,28,31)/t17-,18-,19+,20+,21+,26+/m0/s1. The number of allylic oxidation sites excluding steroid dienone is 1. The maximum Gasteiger partial charge on any atom is 0.242 e. The number of rotatable bonds is 9. The smallest absolute Gasteiger partial charge is 0.242 e. The summed E-state index contributed by atoms with van der Waals surface area (Å²) in [5, 5.41) is 10.2. The molecule has 0 aromatic carbocycles. The third kappa shape index (κ3) is 6.97. The molecule has 0 amide bonds. The van der Waals surface area contributed by atoms with Crippen LogP contribution in [0.4, 0.5) is 0 Å². The zero-order chi connectivity index (χ0) is 28.8. The molecular weight excluding hydrogens is 572 g/mol. The van der Waals surface area contributed by atoms with E-state index in [4.69, 9.17) is 42.6 Å². The number of fused-ring (bicyclic) bond motifs is 1. The fraction of sp³-hybridized carbons (Fsp3) is 0.731. The second-order valence-corrected chi connectivity index (χ2v) is 20.4. The molecule has 39 heavy (non-hydrogen) atoms. The van der Waals surface area contributed by atoms with Crippen molar-refractivity contribution >= 4 is 51.1 Å².